The molecule has 0 aliphatic rings. The van der Waals surface area contributed by atoms with Crippen LogP contribution in [0.3, 0.4) is 0 Å². The highest BCUT2D eigenvalue weighted by Crippen LogP contribution is 2.10. The molecular weight excluding hydrogens is 130 g/mol. The Morgan fingerprint density at radius 3 is 2.44 bits per heavy atom. The van der Waals surface area contributed by atoms with Crippen LogP contribution in [0.25, 0.3) is 0 Å². The van der Waals surface area contributed by atoms with E-state index in [1.807, 2.05) is 18.5 Å². The molecule has 1 aromatic rings. The molecule has 1 heterocycles. The first-order valence-electron chi connectivity index (χ1n) is 3.06. The molecular formula is C7H11NS. The third kappa shape index (κ3) is 1.52. The van der Waals surface area contributed by atoms with Crippen molar-refractivity contribution in [3.05, 3.63) is 18.5 Å². The van der Waals surface area contributed by atoms with E-state index in [0.717, 1.165) is 4.90 Å². The SMILES string of the molecule is CC(C)n1ccc(S)c1. The smallest absolute Gasteiger partial charge is 0.0274 e. The maximum absolute atomic E-state index is 4.18. The summed E-state index contributed by atoms with van der Waals surface area (Å²) in [5.74, 6) is 0. The normalized spacial score (nSPS) is 10.7. The molecule has 0 aromatic carbocycles. The van der Waals surface area contributed by atoms with E-state index in [0.29, 0.717) is 6.04 Å². The van der Waals surface area contributed by atoms with Crippen LogP contribution < -0.4 is 0 Å². The molecule has 0 radical (unpaired) electrons. The molecule has 2 heteroatoms. The lowest BCUT2D eigenvalue weighted by Gasteiger charge is -2.04. The van der Waals surface area contributed by atoms with Gasteiger partial charge >= 0.3 is 0 Å². The predicted octanol–water partition coefficient (Wildman–Crippen LogP) is 2.36. The standard InChI is InChI=1S/C7H11NS/c1-6(2)8-4-3-7(9)5-8/h3-6,9H,1-2H3. The van der Waals surface area contributed by atoms with Crippen molar-refractivity contribution in [2.45, 2.75) is 24.8 Å². The van der Waals surface area contributed by atoms with E-state index in [1.165, 1.54) is 0 Å². The Balaban J connectivity index is 2.85. The summed E-state index contributed by atoms with van der Waals surface area (Å²) >= 11 is 4.18. The summed E-state index contributed by atoms with van der Waals surface area (Å²) in [6, 6.07) is 2.54. The zero-order valence-electron chi connectivity index (χ0n) is 5.70. The molecule has 0 unspecified atom stereocenters. The molecule has 0 aliphatic heterocycles. The van der Waals surface area contributed by atoms with Crippen molar-refractivity contribution in [3.8, 4) is 0 Å². The predicted molar refractivity (Wildman–Crippen MR) is 42.1 cm³/mol. The molecule has 0 saturated heterocycles. The van der Waals surface area contributed by atoms with Gasteiger partial charge in [0.15, 0.2) is 0 Å². The van der Waals surface area contributed by atoms with Gasteiger partial charge < -0.3 is 4.57 Å². The fourth-order valence-corrected chi connectivity index (χ4v) is 0.922. The second-order valence-corrected chi connectivity index (χ2v) is 2.93. The van der Waals surface area contributed by atoms with Crippen LogP contribution in [0, 0.1) is 0 Å². The Bertz CT molecular complexity index is 191. The van der Waals surface area contributed by atoms with Crippen LogP contribution in [0.1, 0.15) is 19.9 Å². The number of hydrogen-bond donors (Lipinski definition) is 1. The van der Waals surface area contributed by atoms with Gasteiger partial charge in [-0.15, -0.1) is 12.6 Å². The van der Waals surface area contributed by atoms with Crippen molar-refractivity contribution < 1.29 is 0 Å². The highest BCUT2D eigenvalue weighted by Gasteiger charge is 1.94. The zero-order valence-corrected chi connectivity index (χ0v) is 6.60. The van der Waals surface area contributed by atoms with Gasteiger partial charge in [-0.3, -0.25) is 0 Å². The van der Waals surface area contributed by atoms with Crippen molar-refractivity contribution in [2.24, 2.45) is 0 Å². The molecule has 50 valence electrons. The third-order valence-corrected chi connectivity index (χ3v) is 1.56. The van der Waals surface area contributed by atoms with Crippen LogP contribution in [0.4, 0.5) is 0 Å². The summed E-state index contributed by atoms with van der Waals surface area (Å²) < 4.78 is 2.13. The van der Waals surface area contributed by atoms with E-state index < -0.39 is 0 Å². The topological polar surface area (TPSA) is 4.93 Å². The third-order valence-electron chi connectivity index (χ3n) is 1.30. The molecule has 0 aliphatic carbocycles. The molecule has 0 fully saturated rings. The van der Waals surface area contributed by atoms with Crippen molar-refractivity contribution in [3.63, 3.8) is 0 Å². The van der Waals surface area contributed by atoms with Gasteiger partial charge in [0.05, 0.1) is 0 Å². The van der Waals surface area contributed by atoms with E-state index in [2.05, 4.69) is 31.0 Å². The molecule has 0 spiro atoms. The highest BCUT2D eigenvalue weighted by molar-refractivity contribution is 7.80. The maximum Gasteiger partial charge on any atom is 0.0274 e. The zero-order chi connectivity index (χ0) is 6.85. The summed E-state index contributed by atoms with van der Waals surface area (Å²) in [5.41, 5.74) is 0. The quantitative estimate of drug-likeness (QED) is 0.573. The molecule has 0 amide bonds. The van der Waals surface area contributed by atoms with Crippen molar-refractivity contribution >= 4 is 12.6 Å². The van der Waals surface area contributed by atoms with Gasteiger partial charge in [-0.2, -0.15) is 0 Å². The Morgan fingerprint density at radius 2 is 2.22 bits per heavy atom. The van der Waals surface area contributed by atoms with Gasteiger partial charge in [-0.1, -0.05) is 0 Å². The Kier molecular flexibility index (Phi) is 1.86. The van der Waals surface area contributed by atoms with E-state index in [1.54, 1.807) is 0 Å². The van der Waals surface area contributed by atoms with Crippen LogP contribution in [-0.2, 0) is 0 Å². The second kappa shape index (κ2) is 2.48. The molecule has 1 aromatic heterocycles. The molecule has 0 bridgehead atoms. The number of rotatable bonds is 1. The van der Waals surface area contributed by atoms with Gasteiger partial charge in [0, 0.05) is 23.3 Å². The van der Waals surface area contributed by atoms with E-state index in [4.69, 9.17) is 0 Å². The minimum Gasteiger partial charge on any atom is -0.351 e. The van der Waals surface area contributed by atoms with Crippen molar-refractivity contribution in [2.75, 3.05) is 0 Å². The largest absolute Gasteiger partial charge is 0.351 e. The summed E-state index contributed by atoms with van der Waals surface area (Å²) in [6.07, 6.45) is 4.06. The average molecular weight is 141 g/mol. The Labute approximate surface area is 61.1 Å². The van der Waals surface area contributed by atoms with Crippen LogP contribution in [0.2, 0.25) is 0 Å². The minimum absolute atomic E-state index is 0.547. The van der Waals surface area contributed by atoms with E-state index in [9.17, 15) is 0 Å². The fraction of sp³-hybridized carbons (Fsp3) is 0.429. The summed E-state index contributed by atoms with van der Waals surface area (Å²) in [5, 5.41) is 0. The molecule has 0 atom stereocenters. The van der Waals surface area contributed by atoms with Crippen LogP contribution in [0.5, 0.6) is 0 Å². The minimum atomic E-state index is 0.547. The van der Waals surface area contributed by atoms with Crippen molar-refractivity contribution in [1.82, 2.24) is 4.57 Å². The van der Waals surface area contributed by atoms with Crippen LogP contribution in [0.15, 0.2) is 23.4 Å². The first-order chi connectivity index (χ1) is 4.20. The first kappa shape index (κ1) is 6.75. The van der Waals surface area contributed by atoms with E-state index in [-0.39, 0.29) is 0 Å². The van der Waals surface area contributed by atoms with Gasteiger partial charge in [-0.05, 0) is 19.9 Å². The summed E-state index contributed by atoms with van der Waals surface area (Å²) in [4.78, 5) is 1.03. The van der Waals surface area contributed by atoms with Crippen molar-refractivity contribution in [1.29, 1.82) is 0 Å². The van der Waals surface area contributed by atoms with Gasteiger partial charge in [0.25, 0.3) is 0 Å². The summed E-state index contributed by atoms with van der Waals surface area (Å²) in [6.45, 7) is 4.29. The Morgan fingerprint density at radius 1 is 1.56 bits per heavy atom. The monoisotopic (exact) mass is 141 g/mol. The molecule has 0 saturated carbocycles. The molecule has 1 rings (SSSR count). The molecule has 9 heavy (non-hydrogen) atoms. The van der Waals surface area contributed by atoms with Crippen LogP contribution >= 0.6 is 12.6 Å². The molecule has 0 N–H and O–H groups in total. The number of nitrogens with zero attached hydrogens (tertiary/aromatic N) is 1. The number of aromatic nitrogens is 1. The van der Waals surface area contributed by atoms with Gasteiger partial charge in [-0.25, -0.2) is 0 Å². The fourth-order valence-electron chi connectivity index (χ4n) is 0.722. The lowest BCUT2D eigenvalue weighted by molar-refractivity contribution is 0.601. The Hall–Kier alpha value is -0.370. The first-order valence-corrected chi connectivity index (χ1v) is 3.51. The number of hydrogen-bond acceptors (Lipinski definition) is 1. The maximum atomic E-state index is 4.18. The number of thiol groups is 1. The van der Waals surface area contributed by atoms with Gasteiger partial charge in [0.1, 0.15) is 0 Å². The van der Waals surface area contributed by atoms with E-state index >= 15 is 0 Å². The summed E-state index contributed by atoms with van der Waals surface area (Å²) in [7, 11) is 0. The second-order valence-electron chi connectivity index (χ2n) is 2.41. The van der Waals surface area contributed by atoms with Gasteiger partial charge in [0.2, 0.25) is 0 Å². The highest BCUT2D eigenvalue weighted by atomic mass is 32.1. The lowest BCUT2D eigenvalue weighted by Crippen LogP contribution is -1.94. The molecule has 1 nitrogen and oxygen atoms in total. The average Bonchev–Trinajstić information content (AvgIpc) is 2.14. The lowest BCUT2D eigenvalue weighted by atomic mass is 10.4. The van der Waals surface area contributed by atoms with Crippen LogP contribution in [-0.4, -0.2) is 4.57 Å².